The molecule has 0 aromatic carbocycles. The van der Waals surface area contributed by atoms with Gasteiger partial charge in [0.25, 0.3) is 0 Å². The van der Waals surface area contributed by atoms with Crippen LogP contribution in [0.1, 0.15) is 56.7 Å². The second kappa shape index (κ2) is 6.33. The van der Waals surface area contributed by atoms with Crippen LogP contribution in [-0.4, -0.2) is 29.2 Å². The third kappa shape index (κ3) is 3.44. The number of piperidine rings is 1. The largest absolute Gasteiger partial charge is 0.486 e. The van der Waals surface area contributed by atoms with Gasteiger partial charge in [-0.05, 0) is 32.2 Å². The Bertz CT molecular complexity index is 381. The third-order valence-electron chi connectivity index (χ3n) is 4.17. The summed E-state index contributed by atoms with van der Waals surface area (Å²) in [5.41, 5.74) is 0. The van der Waals surface area contributed by atoms with Crippen molar-refractivity contribution in [2.45, 2.75) is 57.0 Å². The van der Waals surface area contributed by atoms with Crippen LogP contribution in [0, 0.1) is 0 Å². The molecule has 1 aromatic rings. The minimum atomic E-state index is 0.276. The minimum absolute atomic E-state index is 0.276. The number of aromatic nitrogens is 2. The van der Waals surface area contributed by atoms with Crippen molar-refractivity contribution in [2.24, 2.45) is 0 Å². The van der Waals surface area contributed by atoms with Crippen LogP contribution in [0.2, 0.25) is 0 Å². The van der Waals surface area contributed by atoms with Gasteiger partial charge in [-0.25, -0.2) is 9.97 Å². The smallest absolute Gasteiger partial charge is 0.156 e. The van der Waals surface area contributed by atoms with Gasteiger partial charge in [0.1, 0.15) is 11.9 Å². The summed E-state index contributed by atoms with van der Waals surface area (Å²) in [7, 11) is 0. The summed E-state index contributed by atoms with van der Waals surface area (Å²) in [4.78, 5) is 9.02. The molecule has 4 heteroatoms. The standard InChI is InChI=1S/C15H23N3O/c1-2-5-12(6-3-1)15-17-10-14(11-18-15)19-13-7-4-8-16-9-13/h10-13,16H,1-9H2. The topological polar surface area (TPSA) is 47.0 Å². The first-order valence-electron chi connectivity index (χ1n) is 7.61. The van der Waals surface area contributed by atoms with E-state index >= 15 is 0 Å². The molecular weight excluding hydrogens is 238 g/mol. The van der Waals surface area contributed by atoms with Gasteiger partial charge in [-0.1, -0.05) is 19.3 Å². The highest BCUT2D eigenvalue weighted by molar-refractivity contribution is 5.14. The van der Waals surface area contributed by atoms with E-state index in [1.54, 1.807) is 0 Å². The highest BCUT2D eigenvalue weighted by Crippen LogP contribution is 2.30. The molecule has 0 spiro atoms. The molecule has 4 nitrogen and oxygen atoms in total. The van der Waals surface area contributed by atoms with Crippen molar-refractivity contribution in [2.75, 3.05) is 13.1 Å². The molecular formula is C15H23N3O. The SMILES string of the molecule is c1nc(C2CCCCC2)ncc1OC1CCCNC1. The quantitative estimate of drug-likeness (QED) is 0.908. The summed E-state index contributed by atoms with van der Waals surface area (Å²) in [6.45, 7) is 2.04. The van der Waals surface area contributed by atoms with E-state index in [4.69, 9.17) is 4.74 Å². The van der Waals surface area contributed by atoms with Gasteiger partial charge in [0.05, 0.1) is 12.4 Å². The first-order chi connectivity index (χ1) is 9.42. The van der Waals surface area contributed by atoms with Crippen LogP contribution in [0.5, 0.6) is 5.75 Å². The van der Waals surface area contributed by atoms with Crippen LogP contribution in [0.4, 0.5) is 0 Å². The fourth-order valence-corrected chi connectivity index (χ4v) is 3.07. The van der Waals surface area contributed by atoms with E-state index < -0.39 is 0 Å². The minimum Gasteiger partial charge on any atom is -0.486 e. The molecule has 0 amide bonds. The average Bonchev–Trinajstić information content (AvgIpc) is 2.50. The average molecular weight is 261 g/mol. The Kier molecular flexibility index (Phi) is 4.28. The summed E-state index contributed by atoms with van der Waals surface area (Å²) < 4.78 is 5.91. The number of ether oxygens (including phenoxy) is 1. The number of nitrogens with zero attached hydrogens (tertiary/aromatic N) is 2. The lowest BCUT2D eigenvalue weighted by molar-refractivity contribution is 0.165. The molecule has 1 aromatic heterocycles. The lowest BCUT2D eigenvalue weighted by atomic mass is 9.89. The molecule has 1 saturated carbocycles. The predicted octanol–water partition coefficient (Wildman–Crippen LogP) is 2.66. The molecule has 0 bridgehead atoms. The summed E-state index contributed by atoms with van der Waals surface area (Å²) >= 11 is 0. The van der Waals surface area contributed by atoms with Crippen LogP contribution >= 0.6 is 0 Å². The molecule has 19 heavy (non-hydrogen) atoms. The molecule has 3 rings (SSSR count). The number of rotatable bonds is 3. The summed E-state index contributed by atoms with van der Waals surface area (Å²) in [6.07, 6.45) is 12.8. The monoisotopic (exact) mass is 261 g/mol. The molecule has 1 atom stereocenters. The van der Waals surface area contributed by atoms with Gasteiger partial charge in [0.2, 0.25) is 0 Å². The van der Waals surface area contributed by atoms with Gasteiger partial charge >= 0.3 is 0 Å². The molecule has 1 aliphatic carbocycles. The lowest BCUT2D eigenvalue weighted by Crippen LogP contribution is -2.37. The Morgan fingerprint density at radius 3 is 2.47 bits per heavy atom. The number of hydrogen-bond donors (Lipinski definition) is 1. The maximum absolute atomic E-state index is 5.91. The second-order valence-electron chi connectivity index (χ2n) is 5.70. The maximum Gasteiger partial charge on any atom is 0.156 e. The highest BCUT2D eigenvalue weighted by atomic mass is 16.5. The van der Waals surface area contributed by atoms with E-state index in [9.17, 15) is 0 Å². The first-order valence-corrected chi connectivity index (χ1v) is 7.61. The second-order valence-corrected chi connectivity index (χ2v) is 5.70. The zero-order chi connectivity index (χ0) is 12.9. The van der Waals surface area contributed by atoms with Crippen molar-refractivity contribution >= 4 is 0 Å². The first kappa shape index (κ1) is 12.9. The van der Waals surface area contributed by atoms with Crippen LogP contribution in [0.15, 0.2) is 12.4 Å². The van der Waals surface area contributed by atoms with Crippen molar-refractivity contribution in [1.82, 2.24) is 15.3 Å². The number of hydrogen-bond acceptors (Lipinski definition) is 4. The molecule has 1 N–H and O–H groups in total. The van der Waals surface area contributed by atoms with E-state index in [1.807, 2.05) is 12.4 Å². The van der Waals surface area contributed by atoms with E-state index in [0.717, 1.165) is 31.1 Å². The molecule has 2 fully saturated rings. The van der Waals surface area contributed by atoms with Crippen LogP contribution in [-0.2, 0) is 0 Å². The maximum atomic E-state index is 5.91. The van der Waals surface area contributed by atoms with Crippen molar-refractivity contribution in [3.8, 4) is 5.75 Å². The Morgan fingerprint density at radius 2 is 1.79 bits per heavy atom. The van der Waals surface area contributed by atoms with Crippen LogP contribution < -0.4 is 10.1 Å². The van der Waals surface area contributed by atoms with E-state index in [1.165, 1.54) is 38.5 Å². The molecule has 1 aliphatic heterocycles. The molecule has 0 radical (unpaired) electrons. The van der Waals surface area contributed by atoms with E-state index in [0.29, 0.717) is 5.92 Å². The van der Waals surface area contributed by atoms with Crippen LogP contribution in [0.25, 0.3) is 0 Å². The van der Waals surface area contributed by atoms with Crippen molar-refractivity contribution < 1.29 is 4.74 Å². The Balaban J connectivity index is 1.58. The fourth-order valence-electron chi connectivity index (χ4n) is 3.07. The molecule has 104 valence electrons. The van der Waals surface area contributed by atoms with Crippen LogP contribution in [0.3, 0.4) is 0 Å². The van der Waals surface area contributed by atoms with Crippen molar-refractivity contribution in [1.29, 1.82) is 0 Å². The Morgan fingerprint density at radius 1 is 1.00 bits per heavy atom. The zero-order valence-corrected chi connectivity index (χ0v) is 11.5. The fraction of sp³-hybridized carbons (Fsp3) is 0.733. The normalized spacial score (nSPS) is 25.2. The van der Waals surface area contributed by atoms with Crippen molar-refractivity contribution in [3.05, 3.63) is 18.2 Å². The summed E-state index contributed by atoms with van der Waals surface area (Å²) in [6, 6.07) is 0. The van der Waals surface area contributed by atoms with E-state index in [2.05, 4.69) is 15.3 Å². The van der Waals surface area contributed by atoms with Gasteiger partial charge in [-0.3, -0.25) is 0 Å². The van der Waals surface area contributed by atoms with E-state index in [-0.39, 0.29) is 6.10 Å². The highest BCUT2D eigenvalue weighted by Gasteiger charge is 2.19. The molecule has 2 heterocycles. The predicted molar refractivity (Wildman–Crippen MR) is 74.4 cm³/mol. The zero-order valence-electron chi connectivity index (χ0n) is 11.5. The Hall–Kier alpha value is -1.16. The molecule has 2 aliphatic rings. The van der Waals surface area contributed by atoms with Crippen molar-refractivity contribution in [3.63, 3.8) is 0 Å². The van der Waals surface area contributed by atoms with Gasteiger partial charge in [0.15, 0.2) is 5.75 Å². The van der Waals surface area contributed by atoms with Gasteiger partial charge in [0, 0.05) is 12.5 Å². The summed E-state index contributed by atoms with van der Waals surface area (Å²) in [5, 5.41) is 3.35. The van der Waals surface area contributed by atoms with Gasteiger partial charge in [-0.15, -0.1) is 0 Å². The molecule has 1 saturated heterocycles. The lowest BCUT2D eigenvalue weighted by Gasteiger charge is -2.24. The third-order valence-corrected chi connectivity index (χ3v) is 4.17. The number of nitrogens with one attached hydrogen (secondary N) is 1. The van der Waals surface area contributed by atoms with Gasteiger partial charge in [-0.2, -0.15) is 0 Å². The summed E-state index contributed by atoms with van der Waals surface area (Å²) in [5.74, 6) is 2.39. The Labute approximate surface area is 115 Å². The molecule has 1 unspecified atom stereocenters. The van der Waals surface area contributed by atoms with Gasteiger partial charge < -0.3 is 10.1 Å².